The van der Waals surface area contributed by atoms with E-state index in [9.17, 15) is 14.4 Å². The van der Waals surface area contributed by atoms with Crippen molar-refractivity contribution in [3.05, 3.63) is 63.1 Å². The Bertz CT molecular complexity index is 796. The molecular weight excluding hydrogens is 369 g/mol. The van der Waals surface area contributed by atoms with Crippen LogP contribution in [0.3, 0.4) is 0 Å². The third-order valence-electron chi connectivity index (χ3n) is 3.16. The molecule has 0 aromatic heterocycles. The fourth-order valence-electron chi connectivity index (χ4n) is 2.06. The summed E-state index contributed by atoms with van der Waals surface area (Å²) in [5.74, 6) is -1.83. The van der Waals surface area contributed by atoms with Crippen LogP contribution in [0, 0.1) is 0 Å². The summed E-state index contributed by atoms with van der Waals surface area (Å²) in [5.41, 5.74) is 0.611. The van der Waals surface area contributed by atoms with Crippen LogP contribution in [0.2, 0.25) is 10.0 Å². The summed E-state index contributed by atoms with van der Waals surface area (Å²) in [6.45, 7) is 0. The van der Waals surface area contributed by atoms with E-state index in [-0.39, 0.29) is 22.4 Å². The summed E-state index contributed by atoms with van der Waals surface area (Å²) in [6.07, 6.45) is 0. The lowest BCUT2D eigenvalue weighted by molar-refractivity contribution is 0.0599. The highest BCUT2D eigenvalue weighted by molar-refractivity contribution is 6.35. The lowest BCUT2D eigenvalue weighted by Crippen LogP contribution is -2.14. The number of carbonyl (C=O) groups is 3. The fourth-order valence-corrected chi connectivity index (χ4v) is 2.59. The molecule has 1 N–H and O–H groups in total. The Balaban J connectivity index is 2.38. The van der Waals surface area contributed by atoms with E-state index in [4.69, 9.17) is 23.2 Å². The average molecular weight is 382 g/mol. The van der Waals surface area contributed by atoms with Gasteiger partial charge in [0.15, 0.2) is 0 Å². The molecule has 0 spiro atoms. The lowest BCUT2D eigenvalue weighted by atomic mass is 10.1. The Labute approximate surface area is 153 Å². The van der Waals surface area contributed by atoms with Gasteiger partial charge in [-0.1, -0.05) is 23.2 Å². The molecule has 0 saturated heterocycles. The quantitative estimate of drug-likeness (QED) is 0.814. The summed E-state index contributed by atoms with van der Waals surface area (Å²) in [5, 5.41) is 3.18. The summed E-state index contributed by atoms with van der Waals surface area (Å²) in [7, 11) is 2.42. The minimum Gasteiger partial charge on any atom is -0.465 e. The zero-order valence-electron chi connectivity index (χ0n) is 13.3. The highest BCUT2D eigenvalue weighted by Gasteiger charge is 2.16. The van der Waals surface area contributed by atoms with Crippen LogP contribution in [-0.2, 0) is 9.47 Å². The highest BCUT2D eigenvalue weighted by Crippen LogP contribution is 2.21. The maximum Gasteiger partial charge on any atom is 0.337 e. The average Bonchev–Trinajstić information content (AvgIpc) is 2.59. The van der Waals surface area contributed by atoms with Gasteiger partial charge in [-0.2, -0.15) is 0 Å². The van der Waals surface area contributed by atoms with E-state index in [1.807, 2.05) is 0 Å². The van der Waals surface area contributed by atoms with Crippen molar-refractivity contribution < 1.29 is 23.9 Å². The first-order chi connectivity index (χ1) is 11.8. The number of esters is 2. The molecule has 0 unspecified atom stereocenters. The number of methoxy groups -OCH3 is 2. The topological polar surface area (TPSA) is 81.7 Å². The smallest absolute Gasteiger partial charge is 0.337 e. The van der Waals surface area contributed by atoms with Gasteiger partial charge in [0.05, 0.1) is 25.3 Å². The molecule has 0 atom stereocenters. The van der Waals surface area contributed by atoms with Gasteiger partial charge in [-0.15, -0.1) is 0 Å². The number of benzene rings is 2. The molecule has 0 saturated carbocycles. The van der Waals surface area contributed by atoms with Crippen LogP contribution in [0.15, 0.2) is 36.4 Å². The number of hydrogen-bond donors (Lipinski definition) is 1. The van der Waals surface area contributed by atoms with Crippen molar-refractivity contribution in [3.63, 3.8) is 0 Å². The van der Waals surface area contributed by atoms with Crippen LogP contribution in [0.5, 0.6) is 0 Å². The van der Waals surface area contributed by atoms with Crippen molar-refractivity contribution in [1.29, 1.82) is 0 Å². The van der Waals surface area contributed by atoms with Crippen molar-refractivity contribution >= 4 is 46.7 Å². The van der Waals surface area contributed by atoms with Gasteiger partial charge in [0, 0.05) is 21.3 Å². The second-order valence-corrected chi connectivity index (χ2v) is 5.77. The first-order valence-corrected chi connectivity index (χ1v) is 7.69. The van der Waals surface area contributed by atoms with Gasteiger partial charge in [0.2, 0.25) is 0 Å². The minimum absolute atomic E-state index is 0.0878. The van der Waals surface area contributed by atoms with Gasteiger partial charge in [0.25, 0.3) is 5.91 Å². The molecule has 130 valence electrons. The first-order valence-electron chi connectivity index (χ1n) is 6.93. The molecule has 2 rings (SSSR count). The molecule has 8 heteroatoms. The van der Waals surface area contributed by atoms with E-state index in [0.29, 0.717) is 10.0 Å². The second kappa shape index (κ2) is 8.00. The zero-order chi connectivity index (χ0) is 18.6. The van der Waals surface area contributed by atoms with Crippen molar-refractivity contribution in [1.82, 2.24) is 0 Å². The molecule has 2 aromatic carbocycles. The predicted octanol–water partition coefficient (Wildman–Crippen LogP) is 3.82. The van der Waals surface area contributed by atoms with Gasteiger partial charge in [-0.25, -0.2) is 9.59 Å². The fraction of sp³-hybridized carbons (Fsp3) is 0.118. The van der Waals surface area contributed by atoms with Crippen LogP contribution in [0.4, 0.5) is 5.69 Å². The number of ether oxygens (including phenoxy) is 2. The molecule has 0 aliphatic rings. The number of hydrogen-bond acceptors (Lipinski definition) is 5. The van der Waals surface area contributed by atoms with Gasteiger partial charge in [-0.05, 0) is 36.4 Å². The largest absolute Gasteiger partial charge is 0.465 e. The Morgan fingerprint density at radius 2 is 1.24 bits per heavy atom. The summed E-state index contributed by atoms with van der Waals surface area (Å²) < 4.78 is 9.28. The van der Waals surface area contributed by atoms with Crippen molar-refractivity contribution in [3.8, 4) is 0 Å². The standard InChI is InChI=1S/C17H13Cl2NO5/c1-24-16(22)10-3-11(17(23)25-2)7-14(6-10)20-15(21)9-4-12(18)8-13(19)5-9/h3-8H,1-2H3,(H,20,21). The van der Waals surface area contributed by atoms with Crippen LogP contribution in [0.1, 0.15) is 31.1 Å². The Morgan fingerprint density at radius 3 is 1.68 bits per heavy atom. The van der Waals surface area contributed by atoms with E-state index in [1.54, 1.807) is 0 Å². The third-order valence-corrected chi connectivity index (χ3v) is 3.59. The Kier molecular flexibility index (Phi) is 6.01. The number of nitrogens with one attached hydrogen (secondary N) is 1. The van der Waals surface area contributed by atoms with Crippen molar-refractivity contribution in [2.45, 2.75) is 0 Å². The Hall–Kier alpha value is -2.57. The molecule has 2 aromatic rings. The summed E-state index contributed by atoms with van der Waals surface area (Å²) in [6, 6.07) is 8.43. The summed E-state index contributed by atoms with van der Waals surface area (Å²) in [4.78, 5) is 35.9. The predicted molar refractivity (Wildman–Crippen MR) is 93.5 cm³/mol. The van der Waals surface area contributed by atoms with Crippen molar-refractivity contribution in [2.24, 2.45) is 0 Å². The van der Waals surface area contributed by atoms with E-state index in [1.165, 1.54) is 50.6 Å². The number of rotatable bonds is 4. The molecule has 6 nitrogen and oxygen atoms in total. The molecule has 0 aliphatic carbocycles. The summed E-state index contributed by atoms with van der Waals surface area (Å²) >= 11 is 11.8. The molecule has 25 heavy (non-hydrogen) atoms. The SMILES string of the molecule is COC(=O)c1cc(NC(=O)c2cc(Cl)cc(Cl)c2)cc(C(=O)OC)c1. The maximum atomic E-state index is 12.4. The van der Waals surface area contributed by atoms with Gasteiger partial charge in [0.1, 0.15) is 0 Å². The normalized spacial score (nSPS) is 10.1. The molecular formula is C17H13Cl2NO5. The zero-order valence-corrected chi connectivity index (χ0v) is 14.8. The third kappa shape index (κ3) is 4.71. The van der Waals surface area contributed by atoms with Crippen molar-refractivity contribution in [2.75, 3.05) is 19.5 Å². The van der Waals surface area contributed by atoms with Crippen LogP contribution in [-0.4, -0.2) is 32.1 Å². The van der Waals surface area contributed by atoms with Crippen LogP contribution in [0.25, 0.3) is 0 Å². The van der Waals surface area contributed by atoms with Gasteiger partial charge in [-0.3, -0.25) is 4.79 Å². The maximum absolute atomic E-state index is 12.4. The van der Waals surface area contributed by atoms with Crippen LogP contribution < -0.4 is 5.32 Å². The minimum atomic E-state index is -0.660. The second-order valence-electron chi connectivity index (χ2n) is 4.89. The highest BCUT2D eigenvalue weighted by atomic mass is 35.5. The monoisotopic (exact) mass is 381 g/mol. The van der Waals surface area contributed by atoms with E-state index in [0.717, 1.165) is 0 Å². The van der Waals surface area contributed by atoms with E-state index in [2.05, 4.69) is 14.8 Å². The number of halogens is 2. The van der Waals surface area contributed by atoms with Gasteiger partial charge < -0.3 is 14.8 Å². The van der Waals surface area contributed by atoms with E-state index >= 15 is 0 Å². The Morgan fingerprint density at radius 1 is 0.760 bits per heavy atom. The van der Waals surface area contributed by atoms with Crippen LogP contribution >= 0.6 is 23.2 Å². The number of anilines is 1. The molecule has 0 aliphatic heterocycles. The molecule has 0 heterocycles. The molecule has 0 radical (unpaired) electrons. The van der Waals surface area contributed by atoms with Gasteiger partial charge >= 0.3 is 11.9 Å². The number of amides is 1. The first kappa shape index (κ1) is 18.8. The van der Waals surface area contributed by atoms with E-state index < -0.39 is 17.8 Å². The molecule has 0 bridgehead atoms. The lowest BCUT2D eigenvalue weighted by Gasteiger charge is -2.10. The molecule has 0 fully saturated rings. The number of carbonyl (C=O) groups excluding carboxylic acids is 3. The molecule has 1 amide bonds.